The van der Waals surface area contributed by atoms with Gasteiger partial charge in [0.1, 0.15) is 5.82 Å². The second kappa shape index (κ2) is 6.70. The molecule has 2 heterocycles. The molecule has 0 amide bonds. The topological polar surface area (TPSA) is 59.1 Å². The average Bonchev–Trinajstić information content (AvgIpc) is 2.55. The van der Waals surface area contributed by atoms with E-state index < -0.39 is 17.6 Å². The van der Waals surface area contributed by atoms with E-state index >= 15 is 0 Å². The predicted molar refractivity (Wildman–Crippen MR) is 78.3 cm³/mol. The predicted octanol–water partition coefficient (Wildman–Crippen LogP) is 3.04. The number of hydrogen-bond acceptors (Lipinski definition) is 5. The number of hydrogen-bond donors (Lipinski definition) is 2. The maximum Gasteiger partial charge on any atom is 0.419 e. The molecule has 3 rings (SSSR count). The molecule has 0 radical (unpaired) electrons. The standard InChI is InChI=1S/C15H14F4N4O/c16-12-5-10(1-2-11(12)13-8-20-3-4-24-13)23-14-21-6-9(7-22-14)15(17,18)19/h1-2,5-7,13,20H,3-4,8H2,(H,21,22,23)/t13-/m0/s1. The van der Waals surface area contributed by atoms with Crippen molar-refractivity contribution in [1.29, 1.82) is 0 Å². The van der Waals surface area contributed by atoms with Gasteiger partial charge in [-0.2, -0.15) is 13.2 Å². The number of benzene rings is 1. The van der Waals surface area contributed by atoms with Crippen molar-refractivity contribution in [1.82, 2.24) is 15.3 Å². The molecular weight excluding hydrogens is 328 g/mol. The molecule has 1 saturated heterocycles. The summed E-state index contributed by atoms with van der Waals surface area (Å²) in [7, 11) is 0. The Morgan fingerprint density at radius 2 is 1.96 bits per heavy atom. The Balaban J connectivity index is 1.72. The first-order valence-corrected chi connectivity index (χ1v) is 7.21. The molecule has 0 bridgehead atoms. The van der Waals surface area contributed by atoms with Gasteiger partial charge in [0.25, 0.3) is 0 Å². The van der Waals surface area contributed by atoms with Gasteiger partial charge in [-0.05, 0) is 12.1 Å². The lowest BCUT2D eigenvalue weighted by Crippen LogP contribution is -2.33. The minimum atomic E-state index is -4.50. The van der Waals surface area contributed by atoms with Gasteiger partial charge in [0.05, 0.1) is 18.3 Å². The van der Waals surface area contributed by atoms with E-state index in [9.17, 15) is 17.6 Å². The van der Waals surface area contributed by atoms with Crippen molar-refractivity contribution in [3.05, 3.63) is 47.5 Å². The van der Waals surface area contributed by atoms with Gasteiger partial charge >= 0.3 is 6.18 Å². The van der Waals surface area contributed by atoms with Crippen LogP contribution in [-0.4, -0.2) is 29.7 Å². The molecule has 24 heavy (non-hydrogen) atoms. The van der Waals surface area contributed by atoms with Crippen LogP contribution in [0.2, 0.25) is 0 Å². The number of ether oxygens (including phenoxy) is 1. The SMILES string of the molecule is Fc1cc(Nc2ncc(C(F)(F)F)cn2)ccc1[C@@H]1CNCCO1. The van der Waals surface area contributed by atoms with Crippen LogP contribution in [-0.2, 0) is 10.9 Å². The molecule has 2 aromatic rings. The van der Waals surface area contributed by atoms with Crippen LogP contribution in [0.15, 0.2) is 30.6 Å². The molecule has 1 fully saturated rings. The Morgan fingerprint density at radius 1 is 1.21 bits per heavy atom. The molecule has 0 unspecified atom stereocenters. The van der Waals surface area contributed by atoms with Crippen LogP contribution >= 0.6 is 0 Å². The second-order valence-corrected chi connectivity index (χ2v) is 5.22. The van der Waals surface area contributed by atoms with Crippen molar-refractivity contribution in [3.63, 3.8) is 0 Å². The maximum atomic E-state index is 14.2. The zero-order valence-corrected chi connectivity index (χ0v) is 12.4. The summed E-state index contributed by atoms with van der Waals surface area (Å²) in [5.74, 6) is -0.522. The minimum absolute atomic E-state index is 0.0502. The van der Waals surface area contributed by atoms with Crippen LogP contribution < -0.4 is 10.6 Å². The molecule has 1 aliphatic rings. The van der Waals surface area contributed by atoms with Crippen molar-refractivity contribution in [2.45, 2.75) is 12.3 Å². The smallest absolute Gasteiger partial charge is 0.371 e. The third-order valence-electron chi connectivity index (χ3n) is 3.51. The summed E-state index contributed by atoms with van der Waals surface area (Å²) < 4.78 is 57.1. The fourth-order valence-electron chi connectivity index (χ4n) is 2.30. The van der Waals surface area contributed by atoms with Crippen LogP contribution in [0.1, 0.15) is 17.2 Å². The first-order chi connectivity index (χ1) is 11.4. The Bertz CT molecular complexity index is 700. The first-order valence-electron chi connectivity index (χ1n) is 7.21. The minimum Gasteiger partial charge on any atom is -0.371 e. The van der Waals surface area contributed by atoms with Crippen molar-refractivity contribution in [3.8, 4) is 0 Å². The van der Waals surface area contributed by atoms with Gasteiger partial charge in [-0.25, -0.2) is 14.4 Å². The fourth-order valence-corrected chi connectivity index (χ4v) is 2.30. The Morgan fingerprint density at radius 3 is 2.54 bits per heavy atom. The van der Waals surface area contributed by atoms with Crippen molar-refractivity contribution in [2.75, 3.05) is 25.0 Å². The van der Waals surface area contributed by atoms with E-state index in [1.807, 2.05) is 0 Å². The number of nitrogens with one attached hydrogen (secondary N) is 2. The molecule has 1 aliphatic heterocycles. The van der Waals surface area contributed by atoms with Crippen molar-refractivity contribution >= 4 is 11.6 Å². The summed E-state index contributed by atoms with van der Waals surface area (Å²) in [5, 5.41) is 5.78. The Hall–Kier alpha value is -2.26. The highest BCUT2D eigenvalue weighted by molar-refractivity contribution is 5.54. The lowest BCUT2D eigenvalue weighted by Gasteiger charge is -2.24. The van der Waals surface area contributed by atoms with E-state index in [0.717, 1.165) is 6.54 Å². The van der Waals surface area contributed by atoms with Crippen LogP contribution in [0, 0.1) is 5.82 Å². The molecule has 0 spiro atoms. The van der Waals surface area contributed by atoms with E-state index in [1.54, 1.807) is 12.1 Å². The average molecular weight is 342 g/mol. The third-order valence-corrected chi connectivity index (χ3v) is 3.51. The molecular formula is C15H14F4N4O. The van der Waals surface area contributed by atoms with E-state index in [4.69, 9.17) is 4.74 Å². The van der Waals surface area contributed by atoms with Gasteiger partial charge in [0.2, 0.25) is 5.95 Å². The number of morpholine rings is 1. The van der Waals surface area contributed by atoms with Gasteiger partial charge in [-0.1, -0.05) is 6.07 Å². The zero-order valence-electron chi connectivity index (χ0n) is 12.4. The monoisotopic (exact) mass is 342 g/mol. The van der Waals surface area contributed by atoms with Crippen LogP contribution in [0.3, 0.4) is 0 Å². The summed E-state index contributed by atoms with van der Waals surface area (Å²) in [4.78, 5) is 7.17. The van der Waals surface area contributed by atoms with E-state index in [2.05, 4.69) is 20.6 Å². The molecule has 1 aromatic heterocycles. The number of alkyl halides is 3. The van der Waals surface area contributed by atoms with Crippen LogP contribution in [0.4, 0.5) is 29.2 Å². The highest BCUT2D eigenvalue weighted by atomic mass is 19.4. The lowest BCUT2D eigenvalue weighted by molar-refractivity contribution is -0.138. The van der Waals surface area contributed by atoms with Gasteiger partial charge < -0.3 is 15.4 Å². The van der Waals surface area contributed by atoms with Gasteiger partial charge in [-0.3, -0.25) is 0 Å². The highest BCUT2D eigenvalue weighted by Gasteiger charge is 2.31. The molecule has 9 heteroatoms. The fraction of sp³-hybridized carbons (Fsp3) is 0.333. The molecule has 5 nitrogen and oxygen atoms in total. The lowest BCUT2D eigenvalue weighted by atomic mass is 10.1. The summed E-state index contributed by atoms with van der Waals surface area (Å²) in [6.07, 6.45) is -3.53. The maximum absolute atomic E-state index is 14.2. The Kier molecular flexibility index (Phi) is 4.63. The van der Waals surface area contributed by atoms with Gasteiger partial charge in [-0.15, -0.1) is 0 Å². The van der Waals surface area contributed by atoms with Crippen molar-refractivity contribution < 1.29 is 22.3 Å². The summed E-state index contributed by atoms with van der Waals surface area (Å²) >= 11 is 0. The number of anilines is 2. The first kappa shape index (κ1) is 16.6. The Labute approximate surface area is 135 Å². The summed E-state index contributed by atoms with van der Waals surface area (Å²) in [6.45, 7) is 1.75. The number of rotatable bonds is 3. The second-order valence-electron chi connectivity index (χ2n) is 5.22. The quantitative estimate of drug-likeness (QED) is 0.840. The highest BCUT2D eigenvalue weighted by Crippen LogP contribution is 2.29. The largest absolute Gasteiger partial charge is 0.419 e. The summed E-state index contributed by atoms with van der Waals surface area (Å²) in [5.41, 5.74) is -0.197. The molecule has 0 aliphatic carbocycles. The van der Waals surface area contributed by atoms with Crippen molar-refractivity contribution in [2.24, 2.45) is 0 Å². The van der Waals surface area contributed by atoms with Crippen LogP contribution in [0.25, 0.3) is 0 Å². The molecule has 128 valence electrons. The zero-order chi connectivity index (χ0) is 17.2. The molecule has 0 saturated carbocycles. The van der Waals surface area contributed by atoms with Gasteiger partial charge in [0, 0.05) is 36.7 Å². The van der Waals surface area contributed by atoms with Gasteiger partial charge in [0.15, 0.2) is 0 Å². The van der Waals surface area contributed by atoms with E-state index in [0.29, 0.717) is 36.8 Å². The molecule has 1 aromatic carbocycles. The third kappa shape index (κ3) is 3.80. The number of aromatic nitrogens is 2. The normalized spacial score (nSPS) is 18.4. The van der Waals surface area contributed by atoms with E-state index in [1.165, 1.54) is 6.07 Å². The van der Waals surface area contributed by atoms with E-state index in [-0.39, 0.29) is 12.1 Å². The number of nitrogens with zero attached hydrogens (tertiary/aromatic N) is 2. The number of halogens is 4. The molecule has 2 N–H and O–H groups in total. The van der Waals surface area contributed by atoms with Crippen LogP contribution in [0.5, 0.6) is 0 Å². The summed E-state index contributed by atoms with van der Waals surface area (Å²) in [6, 6.07) is 4.39. The molecule has 1 atom stereocenters.